The van der Waals surface area contributed by atoms with Gasteiger partial charge in [0.1, 0.15) is 17.3 Å². The SMILES string of the molecule is COc1cc(/C(O)=C2\C(=O)C(=O)N(Cc3cccnc3)C2c2ccccc2OC)ccc1Cl. The summed E-state index contributed by atoms with van der Waals surface area (Å²) < 4.78 is 10.7. The number of carbonyl (C=O) groups is 2. The summed E-state index contributed by atoms with van der Waals surface area (Å²) in [5.41, 5.74) is 1.58. The van der Waals surface area contributed by atoms with Crippen molar-refractivity contribution in [1.29, 1.82) is 0 Å². The van der Waals surface area contributed by atoms with Crippen LogP contribution in [0.3, 0.4) is 0 Å². The van der Waals surface area contributed by atoms with E-state index in [1.165, 1.54) is 25.2 Å². The lowest BCUT2D eigenvalue weighted by molar-refractivity contribution is -0.140. The summed E-state index contributed by atoms with van der Waals surface area (Å²) in [7, 11) is 2.96. The average molecular weight is 465 g/mol. The minimum absolute atomic E-state index is 0.0437. The molecule has 1 amide bonds. The molecule has 33 heavy (non-hydrogen) atoms. The van der Waals surface area contributed by atoms with Crippen LogP contribution in [0.25, 0.3) is 5.76 Å². The van der Waals surface area contributed by atoms with Crippen molar-refractivity contribution in [2.24, 2.45) is 0 Å². The number of hydrogen-bond acceptors (Lipinski definition) is 6. The maximum absolute atomic E-state index is 13.2. The Kier molecular flexibility index (Phi) is 6.33. The number of benzene rings is 2. The number of methoxy groups -OCH3 is 2. The summed E-state index contributed by atoms with van der Waals surface area (Å²) in [5, 5.41) is 11.6. The van der Waals surface area contributed by atoms with Crippen molar-refractivity contribution in [3.05, 3.63) is 94.3 Å². The lowest BCUT2D eigenvalue weighted by Gasteiger charge is -2.26. The Bertz CT molecular complexity index is 1240. The normalized spacial score (nSPS) is 17.3. The van der Waals surface area contributed by atoms with Crippen molar-refractivity contribution in [2.75, 3.05) is 14.2 Å². The minimum atomic E-state index is -0.872. The van der Waals surface area contributed by atoms with Gasteiger partial charge < -0.3 is 19.5 Å². The van der Waals surface area contributed by atoms with E-state index in [1.54, 1.807) is 54.9 Å². The molecule has 1 saturated heterocycles. The molecule has 0 radical (unpaired) electrons. The fourth-order valence-corrected chi connectivity index (χ4v) is 4.10. The number of carbonyl (C=O) groups excluding carboxylic acids is 2. The van der Waals surface area contributed by atoms with Crippen molar-refractivity contribution in [3.8, 4) is 11.5 Å². The number of Topliss-reactive ketones (excluding diaryl/α,β-unsaturated/α-hetero) is 1. The first-order valence-corrected chi connectivity index (χ1v) is 10.5. The molecular formula is C25H21ClN2O5. The molecule has 0 saturated carbocycles. The quantitative estimate of drug-likeness (QED) is 0.331. The molecule has 1 unspecified atom stereocenters. The number of aromatic nitrogens is 1. The molecule has 2 aromatic carbocycles. The van der Waals surface area contributed by atoms with E-state index in [4.69, 9.17) is 21.1 Å². The standard InChI is InChI=1S/C25H21ClN2O5/c1-32-19-8-4-3-7-17(19)22-21(23(29)16-9-10-18(26)20(12-16)33-2)24(30)25(31)28(22)14-15-6-5-11-27-13-15/h3-13,22,29H,14H2,1-2H3/b23-21+. The van der Waals surface area contributed by atoms with Gasteiger partial charge in [0.05, 0.1) is 30.9 Å². The molecule has 0 spiro atoms. The van der Waals surface area contributed by atoms with Crippen LogP contribution in [0, 0.1) is 0 Å². The van der Waals surface area contributed by atoms with Crippen LogP contribution in [-0.2, 0) is 16.1 Å². The summed E-state index contributed by atoms with van der Waals surface area (Å²) in [5.74, 6) is -1.02. The van der Waals surface area contributed by atoms with Gasteiger partial charge in [0.25, 0.3) is 11.7 Å². The van der Waals surface area contributed by atoms with E-state index >= 15 is 0 Å². The fourth-order valence-electron chi connectivity index (χ4n) is 3.91. The van der Waals surface area contributed by atoms with E-state index in [-0.39, 0.29) is 17.9 Å². The van der Waals surface area contributed by atoms with E-state index in [0.29, 0.717) is 27.6 Å². The van der Waals surface area contributed by atoms with Gasteiger partial charge >= 0.3 is 0 Å². The van der Waals surface area contributed by atoms with E-state index in [9.17, 15) is 14.7 Å². The number of aliphatic hydroxyl groups excluding tert-OH is 1. The lowest BCUT2D eigenvalue weighted by atomic mass is 9.94. The van der Waals surface area contributed by atoms with E-state index in [0.717, 1.165) is 5.56 Å². The van der Waals surface area contributed by atoms with E-state index in [1.807, 2.05) is 6.07 Å². The number of ketones is 1. The molecular weight excluding hydrogens is 444 g/mol. The summed E-state index contributed by atoms with van der Waals surface area (Å²) >= 11 is 6.12. The van der Waals surface area contributed by atoms with Gasteiger partial charge in [-0.2, -0.15) is 0 Å². The fraction of sp³-hybridized carbons (Fsp3) is 0.160. The van der Waals surface area contributed by atoms with Gasteiger partial charge in [-0.25, -0.2) is 0 Å². The van der Waals surface area contributed by atoms with Crippen LogP contribution < -0.4 is 9.47 Å². The van der Waals surface area contributed by atoms with Gasteiger partial charge in [-0.1, -0.05) is 35.9 Å². The largest absolute Gasteiger partial charge is 0.507 e. The number of hydrogen-bond donors (Lipinski definition) is 1. The highest BCUT2D eigenvalue weighted by molar-refractivity contribution is 6.46. The number of para-hydroxylation sites is 1. The zero-order valence-electron chi connectivity index (χ0n) is 18.0. The highest BCUT2D eigenvalue weighted by Gasteiger charge is 2.47. The number of likely N-dealkylation sites (tertiary alicyclic amines) is 1. The molecule has 3 aromatic rings. The Morgan fingerprint density at radius 2 is 1.82 bits per heavy atom. The van der Waals surface area contributed by atoms with Crippen LogP contribution in [0.5, 0.6) is 11.5 Å². The molecule has 1 atom stereocenters. The van der Waals surface area contributed by atoms with Crippen LogP contribution in [0.4, 0.5) is 0 Å². The third kappa shape index (κ3) is 4.15. The zero-order valence-corrected chi connectivity index (χ0v) is 18.7. The second-order valence-electron chi connectivity index (χ2n) is 7.38. The molecule has 8 heteroatoms. The number of amides is 1. The molecule has 0 bridgehead atoms. The Labute approximate surface area is 195 Å². The smallest absolute Gasteiger partial charge is 0.295 e. The monoisotopic (exact) mass is 464 g/mol. The van der Waals surface area contributed by atoms with Gasteiger partial charge in [-0.15, -0.1) is 0 Å². The van der Waals surface area contributed by atoms with Crippen molar-refractivity contribution < 1.29 is 24.2 Å². The van der Waals surface area contributed by atoms with Crippen molar-refractivity contribution in [2.45, 2.75) is 12.6 Å². The van der Waals surface area contributed by atoms with Gasteiger partial charge in [-0.05, 0) is 35.9 Å². The molecule has 0 aliphatic carbocycles. The molecule has 1 fully saturated rings. The predicted molar refractivity (Wildman–Crippen MR) is 123 cm³/mol. The van der Waals surface area contributed by atoms with Crippen molar-refractivity contribution in [1.82, 2.24) is 9.88 Å². The number of nitrogens with zero attached hydrogens (tertiary/aromatic N) is 2. The number of pyridine rings is 1. The molecule has 1 aliphatic heterocycles. The van der Waals surface area contributed by atoms with Crippen LogP contribution >= 0.6 is 11.6 Å². The van der Waals surface area contributed by atoms with Crippen LogP contribution in [0.1, 0.15) is 22.7 Å². The number of ether oxygens (including phenoxy) is 2. The third-order valence-corrected chi connectivity index (χ3v) is 5.79. The lowest BCUT2D eigenvalue weighted by Crippen LogP contribution is -2.29. The summed E-state index contributed by atoms with van der Waals surface area (Å²) in [4.78, 5) is 31.9. The number of rotatable bonds is 6. The molecule has 168 valence electrons. The topological polar surface area (TPSA) is 89.0 Å². The van der Waals surface area contributed by atoms with E-state index < -0.39 is 17.7 Å². The third-order valence-electron chi connectivity index (χ3n) is 5.47. The highest BCUT2D eigenvalue weighted by atomic mass is 35.5. The van der Waals surface area contributed by atoms with Crippen molar-refractivity contribution in [3.63, 3.8) is 0 Å². The first-order chi connectivity index (χ1) is 16.0. The number of aliphatic hydroxyl groups is 1. The first kappa shape index (κ1) is 22.4. The average Bonchev–Trinajstić information content (AvgIpc) is 3.09. The van der Waals surface area contributed by atoms with Gasteiger partial charge in [0.15, 0.2) is 0 Å². The minimum Gasteiger partial charge on any atom is -0.507 e. The number of halogens is 1. The molecule has 1 aromatic heterocycles. The summed E-state index contributed by atoms with van der Waals surface area (Å²) in [6.07, 6.45) is 3.26. The van der Waals surface area contributed by atoms with Crippen LogP contribution in [0.15, 0.2) is 72.6 Å². The maximum atomic E-state index is 13.2. The van der Waals surface area contributed by atoms with Gasteiger partial charge in [0.2, 0.25) is 0 Å². The van der Waals surface area contributed by atoms with Crippen molar-refractivity contribution >= 4 is 29.1 Å². The van der Waals surface area contributed by atoms with Gasteiger partial charge in [0, 0.05) is 30.1 Å². The Balaban J connectivity index is 1.91. The molecule has 1 aliphatic rings. The highest BCUT2D eigenvalue weighted by Crippen LogP contribution is 2.43. The molecule has 4 rings (SSSR count). The second kappa shape index (κ2) is 9.34. The molecule has 2 heterocycles. The Morgan fingerprint density at radius 3 is 2.52 bits per heavy atom. The Hall–Kier alpha value is -3.84. The summed E-state index contributed by atoms with van der Waals surface area (Å²) in [6.45, 7) is 0.127. The van der Waals surface area contributed by atoms with Crippen LogP contribution in [-0.4, -0.2) is 40.9 Å². The maximum Gasteiger partial charge on any atom is 0.295 e. The second-order valence-corrected chi connectivity index (χ2v) is 7.79. The zero-order chi connectivity index (χ0) is 23.5. The van der Waals surface area contributed by atoms with Gasteiger partial charge in [-0.3, -0.25) is 14.6 Å². The molecule has 7 nitrogen and oxygen atoms in total. The van der Waals surface area contributed by atoms with E-state index in [2.05, 4.69) is 4.98 Å². The molecule has 1 N–H and O–H groups in total. The predicted octanol–water partition coefficient (Wildman–Crippen LogP) is 4.37. The first-order valence-electron chi connectivity index (χ1n) is 10.1. The Morgan fingerprint density at radius 1 is 1.06 bits per heavy atom. The summed E-state index contributed by atoms with van der Waals surface area (Å²) in [6, 6.07) is 14.4. The van der Waals surface area contributed by atoms with Crippen LogP contribution in [0.2, 0.25) is 5.02 Å².